The predicted octanol–water partition coefficient (Wildman–Crippen LogP) is 0.216. The molecule has 0 spiro atoms. The van der Waals surface area contributed by atoms with E-state index in [1.54, 1.807) is 0 Å². The summed E-state index contributed by atoms with van der Waals surface area (Å²) in [4.78, 5) is 14.5. The van der Waals surface area contributed by atoms with Gasteiger partial charge in [0.05, 0.1) is 6.61 Å². The van der Waals surface area contributed by atoms with Crippen LogP contribution in [0.15, 0.2) is 30.3 Å². The molecule has 0 saturated heterocycles. The van der Waals surface area contributed by atoms with E-state index in [9.17, 15) is 4.79 Å². The van der Waals surface area contributed by atoms with Crippen LogP contribution >= 0.6 is 0 Å². The van der Waals surface area contributed by atoms with Crippen molar-refractivity contribution < 1.29 is 9.63 Å². The third-order valence-electron chi connectivity index (χ3n) is 1.21. The molecule has 0 unspecified atom stereocenters. The minimum atomic E-state index is 0. The molecule has 1 rings (SSSR count). The SMILES string of the molecule is O=CNOCc1ccccc1.[NaH]. The Morgan fingerprint density at radius 2 is 2.00 bits per heavy atom. The molecule has 3 nitrogen and oxygen atoms in total. The van der Waals surface area contributed by atoms with E-state index in [1.807, 2.05) is 30.3 Å². The van der Waals surface area contributed by atoms with Gasteiger partial charge in [-0.05, 0) is 5.56 Å². The number of hydrogen-bond donors (Lipinski definition) is 1. The number of carbonyl (C=O) groups is 1. The molecule has 4 heteroatoms. The fourth-order valence-electron chi connectivity index (χ4n) is 0.733. The summed E-state index contributed by atoms with van der Waals surface area (Å²) < 4.78 is 0. The van der Waals surface area contributed by atoms with Gasteiger partial charge in [-0.15, -0.1) is 0 Å². The zero-order valence-electron chi connectivity index (χ0n) is 5.99. The Bertz CT molecular complexity index is 216. The van der Waals surface area contributed by atoms with Crippen molar-refractivity contribution in [2.24, 2.45) is 0 Å². The van der Waals surface area contributed by atoms with Crippen molar-refractivity contribution in [3.63, 3.8) is 0 Å². The zero-order chi connectivity index (χ0) is 7.94. The molecule has 1 aromatic rings. The van der Waals surface area contributed by atoms with Gasteiger partial charge in [-0.1, -0.05) is 30.3 Å². The standard InChI is InChI=1S/C8H9NO2.Na.H/c10-7-9-11-6-8-4-2-1-3-5-8;;/h1-5,7H,6H2,(H,9,10);;. The van der Waals surface area contributed by atoms with Crippen LogP contribution in [0.1, 0.15) is 5.56 Å². The summed E-state index contributed by atoms with van der Waals surface area (Å²) in [6.45, 7) is 0.402. The first kappa shape index (κ1) is 11.6. The molecule has 12 heavy (non-hydrogen) atoms. The van der Waals surface area contributed by atoms with Crippen LogP contribution in [0.2, 0.25) is 0 Å². The summed E-state index contributed by atoms with van der Waals surface area (Å²) in [7, 11) is 0. The first-order valence-corrected chi connectivity index (χ1v) is 3.28. The Hall–Kier alpha value is -0.350. The van der Waals surface area contributed by atoms with Crippen molar-refractivity contribution in [3.05, 3.63) is 35.9 Å². The van der Waals surface area contributed by atoms with E-state index in [-0.39, 0.29) is 29.6 Å². The maximum absolute atomic E-state index is 9.76. The van der Waals surface area contributed by atoms with Crippen LogP contribution in [0.5, 0.6) is 0 Å². The normalized spacial score (nSPS) is 8.33. The van der Waals surface area contributed by atoms with Gasteiger partial charge in [-0.3, -0.25) is 9.63 Å². The molecule has 1 aromatic carbocycles. The van der Waals surface area contributed by atoms with Gasteiger partial charge in [-0.2, -0.15) is 0 Å². The van der Waals surface area contributed by atoms with Crippen molar-refractivity contribution in [2.45, 2.75) is 6.61 Å². The Kier molecular flexibility index (Phi) is 7.09. The zero-order valence-corrected chi connectivity index (χ0v) is 5.99. The van der Waals surface area contributed by atoms with Crippen LogP contribution in [0.25, 0.3) is 0 Å². The van der Waals surface area contributed by atoms with Gasteiger partial charge in [0.15, 0.2) is 0 Å². The summed E-state index contributed by atoms with van der Waals surface area (Å²) in [6, 6.07) is 9.61. The number of nitrogens with one attached hydrogen (secondary N) is 1. The van der Waals surface area contributed by atoms with Gasteiger partial charge in [0.2, 0.25) is 6.41 Å². The van der Waals surface area contributed by atoms with E-state index in [0.29, 0.717) is 13.0 Å². The van der Waals surface area contributed by atoms with Gasteiger partial charge in [0, 0.05) is 0 Å². The molecule has 1 N–H and O–H groups in total. The molecule has 0 heterocycles. The molecule has 0 atom stereocenters. The number of benzene rings is 1. The van der Waals surface area contributed by atoms with E-state index in [4.69, 9.17) is 4.84 Å². The van der Waals surface area contributed by atoms with Gasteiger partial charge < -0.3 is 0 Å². The molecule has 0 bridgehead atoms. The number of hydrogen-bond acceptors (Lipinski definition) is 2. The molecule has 0 fully saturated rings. The van der Waals surface area contributed by atoms with Crippen LogP contribution in [-0.4, -0.2) is 36.0 Å². The molecular formula is C8H10NNaO2. The Morgan fingerprint density at radius 1 is 1.33 bits per heavy atom. The van der Waals surface area contributed by atoms with Crippen LogP contribution in [-0.2, 0) is 16.2 Å². The number of carbonyl (C=O) groups excluding carboxylic acids is 1. The molecule has 0 aliphatic carbocycles. The Morgan fingerprint density at radius 3 is 2.58 bits per heavy atom. The van der Waals surface area contributed by atoms with Gasteiger partial charge >= 0.3 is 29.6 Å². The molecule has 60 valence electrons. The fraction of sp³-hybridized carbons (Fsp3) is 0.125. The van der Waals surface area contributed by atoms with E-state index >= 15 is 0 Å². The maximum atomic E-state index is 9.76. The van der Waals surface area contributed by atoms with Gasteiger partial charge in [0.1, 0.15) is 0 Å². The molecule has 0 aliphatic heterocycles. The average Bonchev–Trinajstić information content (AvgIpc) is 2.07. The molecule has 1 amide bonds. The first-order chi connectivity index (χ1) is 5.43. The van der Waals surface area contributed by atoms with Crippen molar-refractivity contribution in [2.75, 3.05) is 0 Å². The quantitative estimate of drug-likeness (QED) is 0.307. The first-order valence-electron chi connectivity index (χ1n) is 3.28. The van der Waals surface area contributed by atoms with E-state index < -0.39 is 0 Å². The third-order valence-corrected chi connectivity index (χ3v) is 1.21. The monoisotopic (exact) mass is 175 g/mol. The number of hydroxylamine groups is 1. The van der Waals surface area contributed by atoms with Crippen molar-refractivity contribution in [1.29, 1.82) is 0 Å². The van der Waals surface area contributed by atoms with Crippen LogP contribution in [0.3, 0.4) is 0 Å². The van der Waals surface area contributed by atoms with E-state index in [1.165, 1.54) is 0 Å². The van der Waals surface area contributed by atoms with Crippen molar-refractivity contribution in [3.8, 4) is 0 Å². The van der Waals surface area contributed by atoms with Crippen LogP contribution < -0.4 is 5.48 Å². The van der Waals surface area contributed by atoms with Crippen LogP contribution in [0, 0.1) is 0 Å². The molecule has 0 aliphatic rings. The van der Waals surface area contributed by atoms with Gasteiger partial charge in [0.25, 0.3) is 0 Å². The Balaban J connectivity index is 0.00000121. The van der Waals surface area contributed by atoms with Crippen LogP contribution in [0.4, 0.5) is 0 Å². The van der Waals surface area contributed by atoms with Crippen molar-refractivity contribution >= 4 is 36.0 Å². The predicted molar refractivity (Wildman–Crippen MR) is 47.6 cm³/mol. The number of amides is 1. The van der Waals surface area contributed by atoms with Crippen molar-refractivity contribution in [1.82, 2.24) is 5.48 Å². The molecule has 0 aromatic heterocycles. The topological polar surface area (TPSA) is 38.3 Å². The summed E-state index contributed by atoms with van der Waals surface area (Å²) in [5.41, 5.74) is 3.15. The summed E-state index contributed by atoms with van der Waals surface area (Å²) in [6.07, 6.45) is 0.503. The molecular weight excluding hydrogens is 165 g/mol. The van der Waals surface area contributed by atoms with E-state index in [0.717, 1.165) is 5.56 Å². The Labute approximate surface area is 93.4 Å². The second-order valence-corrected chi connectivity index (χ2v) is 2.01. The van der Waals surface area contributed by atoms with E-state index in [2.05, 4.69) is 5.48 Å². The fourth-order valence-corrected chi connectivity index (χ4v) is 0.733. The second kappa shape index (κ2) is 7.31. The third kappa shape index (κ3) is 4.51. The number of rotatable bonds is 4. The second-order valence-electron chi connectivity index (χ2n) is 2.01. The molecule has 0 saturated carbocycles. The average molecular weight is 175 g/mol. The summed E-state index contributed by atoms with van der Waals surface area (Å²) >= 11 is 0. The summed E-state index contributed by atoms with van der Waals surface area (Å²) in [5, 5.41) is 0. The van der Waals surface area contributed by atoms with Gasteiger partial charge in [-0.25, -0.2) is 5.48 Å². The molecule has 0 radical (unpaired) electrons. The minimum absolute atomic E-state index is 0. The summed E-state index contributed by atoms with van der Waals surface area (Å²) in [5.74, 6) is 0.